The van der Waals surface area contributed by atoms with E-state index >= 15 is 0 Å². The van der Waals surface area contributed by atoms with Crippen LogP contribution in [0.1, 0.15) is 45.6 Å². The molecule has 0 radical (unpaired) electrons. The molecule has 154 valence electrons. The van der Waals surface area contributed by atoms with Gasteiger partial charge in [0, 0.05) is 47.1 Å². The zero-order valence-electron chi connectivity index (χ0n) is 16.6. The second-order valence-electron chi connectivity index (χ2n) is 7.13. The van der Waals surface area contributed by atoms with Crippen molar-refractivity contribution in [2.75, 3.05) is 17.2 Å². The van der Waals surface area contributed by atoms with Crippen molar-refractivity contribution in [2.24, 2.45) is 0 Å². The molecule has 1 atom stereocenters. The lowest BCUT2D eigenvalue weighted by atomic mass is 9.97. The quantitative estimate of drug-likeness (QED) is 0.628. The smallest absolute Gasteiger partial charge is 0.254 e. The predicted octanol–water partition coefficient (Wildman–Crippen LogP) is 4.51. The van der Waals surface area contributed by atoms with Gasteiger partial charge in [-0.1, -0.05) is 6.07 Å². The topological polar surface area (TPSA) is 78.5 Å². The summed E-state index contributed by atoms with van der Waals surface area (Å²) in [4.78, 5) is 41.0. The fraction of sp³-hybridized carbons (Fsp3) is 0.227. The minimum atomic E-state index is -0.245. The standard InChI is InChI=1S/C22H21N3O3S2/c1-13(26)23-16-10-15(11-17(12-16)24-14(2)27)22(28)25-7-5-19-18(6-9-30-19)21(25)20-4-3-8-29-20/h3-4,6,8-12,21H,5,7H2,1-2H3,(H,23,26)(H,24,27)/t21-/m1/s1. The summed E-state index contributed by atoms with van der Waals surface area (Å²) in [5.41, 5.74) is 2.53. The number of amides is 3. The van der Waals surface area contributed by atoms with Crippen LogP contribution in [0.3, 0.4) is 0 Å². The molecule has 0 saturated heterocycles. The van der Waals surface area contributed by atoms with E-state index in [1.807, 2.05) is 16.3 Å². The van der Waals surface area contributed by atoms with Gasteiger partial charge >= 0.3 is 0 Å². The van der Waals surface area contributed by atoms with Crippen molar-refractivity contribution < 1.29 is 14.4 Å². The Labute approximate surface area is 182 Å². The Morgan fingerprint density at radius 2 is 1.67 bits per heavy atom. The van der Waals surface area contributed by atoms with E-state index in [0.29, 0.717) is 23.5 Å². The molecule has 3 aromatic rings. The van der Waals surface area contributed by atoms with E-state index in [0.717, 1.165) is 11.3 Å². The van der Waals surface area contributed by atoms with Crippen molar-refractivity contribution in [1.82, 2.24) is 4.90 Å². The maximum absolute atomic E-state index is 13.6. The molecule has 2 N–H and O–H groups in total. The van der Waals surface area contributed by atoms with Crippen LogP contribution >= 0.6 is 22.7 Å². The number of hydrogen-bond acceptors (Lipinski definition) is 5. The second kappa shape index (κ2) is 8.41. The highest BCUT2D eigenvalue weighted by Gasteiger charge is 2.34. The molecule has 0 unspecified atom stereocenters. The fourth-order valence-electron chi connectivity index (χ4n) is 3.76. The zero-order valence-corrected chi connectivity index (χ0v) is 18.2. The number of carbonyl (C=O) groups is 3. The molecule has 1 aliphatic rings. The highest BCUT2D eigenvalue weighted by atomic mass is 32.1. The average molecular weight is 440 g/mol. The van der Waals surface area contributed by atoms with E-state index in [-0.39, 0.29) is 23.8 Å². The van der Waals surface area contributed by atoms with Gasteiger partial charge in [-0.2, -0.15) is 0 Å². The van der Waals surface area contributed by atoms with Gasteiger partial charge in [0.05, 0.1) is 6.04 Å². The lowest BCUT2D eigenvalue weighted by Crippen LogP contribution is -2.39. The highest BCUT2D eigenvalue weighted by Crippen LogP contribution is 2.40. The monoisotopic (exact) mass is 439 g/mol. The van der Waals surface area contributed by atoms with Crippen LogP contribution < -0.4 is 10.6 Å². The normalized spacial score (nSPS) is 15.4. The Morgan fingerprint density at radius 3 is 2.27 bits per heavy atom. The SMILES string of the molecule is CC(=O)Nc1cc(NC(C)=O)cc(C(=O)N2CCc3sccc3[C@@H]2c2cccs2)c1. The Bertz CT molecular complexity index is 1070. The minimum absolute atomic E-state index is 0.135. The number of carbonyl (C=O) groups excluding carboxylic acids is 3. The van der Waals surface area contributed by atoms with Gasteiger partial charge in [0.2, 0.25) is 11.8 Å². The van der Waals surface area contributed by atoms with Crippen molar-refractivity contribution in [3.05, 3.63) is 68.0 Å². The lowest BCUT2D eigenvalue weighted by Gasteiger charge is -2.35. The van der Waals surface area contributed by atoms with Crippen LogP contribution in [0.15, 0.2) is 47.2 Å². The first-order chi connectivity index (χ1) is 14.4. The van der Waals surface area contributed by atoms with Crippen molar-refractivity contribution >= 4 is 51.8 Å². The summed E-state index contributed by atoms with van der Waals surface area (Å²) < 4.78 is 0. The van der Waals surface area contributed by atoms with Gasteiger partial charge in [-0.25, -0.2) is 0 Å². The molecule has 1 aliphatic heterocycles. The fourth-order valence-corrected chi connectivity index (χ4v) is 5.51. The van der Waals surface area contributed by atoms with Crippen molar-refractivity contribution in [3.63, 3.8) is 0 Å². The highest BCUT2D eigenvalue weighted by molar-refractivity contribution is 7.10. The summed E-state index contributed by atoms with van der Waals surface area (Å²) in [6, 6.07) is 11.0. The van der Waals surface area contributed by atoms with Crippen LogP contribution in [0.25, 0.3) is 0 Å². The Morgan fingerprint density at radius 1 is 0.967 bits per heavy atom. The van der Waals surface area contributed by atoms with E-state index in [2.05, 4.69) is 28.1 Å². The Balaban J connectivity index is 1.74. The number of rotatable bonds is 4. The Kier molecular flexibility index (Phi) is 5.69. The largest absolute Gasteiger partial charge is 0.326 e. The summed E-state index contributed by atoms with van der Waals surface area (Å²) in [6.45, 7) is 3.42. The van der Waals surface area contributed by atoms with E-state index < -0.39 is 0 Å². The number of benzene rings is 1. The number of anilines is 2. The van der Waals surface area contributed by atoms with Gasteiger partial charge in [0.25, 0.3) is 5.91 Å². The third-order valence-corrected chi connectivity index (χ3v) is 6.78. The van der Waals surface area contributed by atoms with Crippen LogP contribution in [0.2, 0.25) is 0 Å². The van der Waals surface area contributed by atoms with Crippen molar-refractivity contribution in [3.8, 4) is 0 Å². The molecule has 0 aliphatic carbocycles. The molecule has 6 nitrogen and oxygen atoms in total. The molecular weight excluding hydrogens is 418 g/mol. The van der Waals surface area contributed by atoms with Crippen LogP contribution in [-0.2, 0) is 16.0 Å². The lowest BCUT2D eigenvalue weighted by molar-refractivity contribution is -0.115. The zero-order chi connectivity index (χ0) is 21.3. The van der Waals surface area contributed by atoms with Gasteiger partial charge in [0.15, 0.2) is 0 Å². The summed E-state index contributed by atoms with van der Waals surface area (Å²) >= 11 is 3.36. The van der Waals surface area contributed by atoms with Crippen LogP contribution in [0, 0.1) is 0 Å². The molecule has 2 aromatic heterocycles. The number of nitrogens with zero attached hydrogens (tertiary/aromatic N) is 1. The van der Waals surface area contributed by atoms with Crippen LogP contribution in [0.4, 0.5) is 11.4 Å². The second-order valence-corrected chi connectivity index (χ2v) is 9.11. The van der Waals surface area contributed by atoms with Gasteiger partial charge in [-0.3, -0.25) is 14.4 Å². The predicted molar refractivity (Wildman–Crippen MR) is 120 cm³/mol. The molecule has 8 heteroatoms. The third kappa shape index (κ3) is 4.15. The van der Waals surface area contributed by atoms with E-state index in [1.54, 1.807) is 40.9 Å². The van der Waals surface area contributed by atoms with E-state index in [4.69, 9.17) is 0 Å². The number of fused-ring (bicyclic) bond motifs is 1. The maximum atomic E-state index is 13.6. The maximum Gasteiger partial charge on any atom is 0.254 e. The van der Waals surface area contributed by atoms with Gasteiger partial charge in [-0.05, 0) is 53.1 Å². The van der Waals surface area contributed by atoms with Gasteiger partial charge < -0.3 is 15.5 Å². The molecule has 1 aromatic carbocycles. The molecule has 4 rings (SSSR count). The summed E-state index contributed by atoms with van der Waals surface area (Å²) in [5.74, 6) is -0.625. The number of thiophene rings is 2. The van der Waals surface area contributed by atoms with Crippen LogP contribution in [-0.4, -0.2) is 29.2 Å². The van der Waals surface area contributed by atoms with Crippen molar-refractivity contribution in [2.45, 2.75) is 26.3 Å². The molecule has 0 fully saturated rings. The number of nitrogens with one attached hydrogen (secondary N) is 2. The minimum Gasteiger partial charge on any atom is -0.326 e. The average Bonchev–Trinajstić information content (AvgIpc) is 3.37. The molecule has 0 saturated carbocycles. The van der Waals surface area contributed by atoms with Gasteiger partial charge in [-0.15, -0.1) is 22.7 Å². The number of hydrogen-bond donors (Lipinski definition) is 2. The van der Waals surface area contributed by atoms with E-state index in [1.165, 1.54) is 24.3 Å². The Hall–Kier alpha value is -2.97. The van der Waals surface area contributed by atoms with Crippen molar-refractivity contribution in [1.29, 1.82) is 0 Å². The molecular formula is C22H21N3O3S2. The van der Waals surface area contributed by atoms with E-state index in [9.17, 15) is 14.4 Å². The summed E-state index contributed by atoms with van der Waals surface area (Å²) in [7, 11) is 0. The molecule has 3 heterocycles. The first-order valence-electron chi connectivity index (χ1n) is 9.53. The van der Waals surface area contributed by atoms with Gasteiger partial charge in [0.1, 0.15) is 0 Å². The summed E-state index contributed by atoms with van der Waals surface area (Å²) in [5, 5.41) is 9.51. The first-order valence-corrected chi connectivity index (χ1v) is 11.3. The molecule has 3 amide bonds. The summed E-state index contributed by atoms with van der Waals surface area (Å²) in [6.07, 6.45) is 0.810. The van der Waals surface area contributed by atoms with Crippen LogP contribution in [0.5, 0.6) is 0 Å². The molecule has 0 spiro atoms. The third-order valence-electron chi connectivity index (χ3n) is 4.86. The molecule has 30 heavy (non-hydrogen) atoms. The molecule has 0 bridgehead atoms. The first kappa shape index (κ1) is 20.3.